The predicted molar refractivity (Wildman–Crippen MR) is 95.6 cm³/mol. The highest BCUT2D eigenvalue weighted by Crippen LogP contribution is 2.33. The number of para-hydroxylation sites is 1. The first-order valence-electron chi connectivity index (χ1n) is 8.48. The van der Waals surface area contributed by atoms with Gasteiger partial charge >= 0.3 is 0 Å². The van der Waals surface area contributed by atoms with Crippen molar-refractivity contribution in [2.75, 3.05) is 26.4 Å². The van der Waals surface area contributed by atoms with Crippen LogP contribution in [0.15, 0.2) is 36.4 Å². The second kappa shape index (κ2) is 7.92. The summed E-state index contributed by atoms with van der Waals surface area (Å²) in [7, 11) is 0. The third-order valence-electron chi connectivity index (χ3n) is 4.17. The van der Waals surface area contributed by atoms with Crippen LogP contribution in [0.5, 0.6) is 17.2 Å². The van der Waals surface area contributed by atoms with E-state index in [4.69, 9.17) is 14.2 Å². The van der Waals surface area contributed by atoms with Crippen LogP contribution in [0.4, 0.5) is 0 Å². The zero-order valence-electron chi connectivity index (χ0n) is 14.6. The number of aryl methyl sites for hydroxylation is 2. The summed E-state index contributed by atoms with van der Waals surface area (Å²) in [6.45, 7) is 5.72. The van der Waals surface area contributed by atoms with E-state index < -0.39 is 0 Å². The second-order valence-electron chi connectivity index (χ2n) is 6.08. The van der Waals surface area contributed by atoms with Crippen molar-refractivity contribution in [2.24, 2.45) is 0 Å². The first kappa shape index (κ1) is 17.1. The molecule has 25 heavy (non-hydrogen) atoms. The number of benzene rings is 2. The molecule has 5 heteroatoms. The number of hydrogen-bond acceptors (Lipinski definition) is 4. The minimum atomic E-state index is -0.126. The highest BCUT2D eigenvalue weighted by Gasteiger charge is 2.14. The monoisotopic (exact) mass is 341 g/mol. The topological polar surface area (TPSA) is 56.8 Å². The molecule has 2 aromatic rings. The van der Waals surface area contributed by atoms with Crippen LogP contribution < -0.4 is 19.5 Å². The van der Waals surface area contributed by atoms with Gasteiger partial charge in [-0.25, -0.2) is 0 Å². The Labute approximate surface area is 147 Å². The van der Waals surface area contributed by atoms with Gasteiger partial charge in [-0.1, -0.05) is 18.2 Å². The molecule has 0 saturated heterocycles. The minimum absolute atomic E-state index is 0.0188. The van der Waals surface area contributed by atoms with Crippen LogP contribution in [0, 0.1) is 13.8 Å². The summed E-state index contributed by atoms with van der Waals surface area (Å²) in [4.78, 5) is 12.0. The van der Waals surface area contributed by atoms with Crippen LogP contribution in [0.3, 0.4) is 0 Å². The van der Waals surface area contributed by atoms with E-state index in [2.05, 4.69) is 5.32 Å². The maximum absolute atomic E-state index is 12.0. The summed E-state index contributed by atoms with van der Waals surface area (Å²) in [6.07, 6.45) is 0.735. The van der Waals surface area contributed by atoms with Crippen molar-refractivity contribution in [1.82, 2.24) is 5.32 Å². The maximum Gasteiger partial charge on any atom is 0.257 e. The van der Waals surface area contributed by atoms with E-state index in [1.165, 1.54) is 0 Å². The average Bonchev–Trinajstić information content (AvgIpc) is 2.61. The Morgan fingerprint density at radius 2 is 1.80 bits per heavy atom. The molecule has 0 unspecified atom stereocenters. The summed E-state index contributed by atoms with van der Waals surface area (Å²) in [5.74, 6) is 2.18. The Hall–Kier alpha value is -2.69. The van der Waals surface area contributed by atoms with E-state index in [0.29, 0.717) is 19.8 Å². The molecule has 1 aliphatic heterocycles. The molecule has 1 heterocycles. The van der Waals surface area contributed by atoms with Crippen molar-refractivity contribution in [1.29, 1.82) is 0 Å². The molecule has 132 valence electrons. The van der Waals surface area contributed by atoms with Crippen LogP contribution in [0.1, 0.15) is 16.7 Å². The van der Waals surface area contributed by atoms with E-state index in [0.717, 1.165) is 40.4 Å². The highest BCUT2D eigenvalue weighted by atomic mass is 16.6. The zero-order chi connectivity index (χ0) is 17.6. The Bertz CT molecular complexity index is 757. The van der Waals surface area contributed by atoms with Gasteiger partial charge < -0.3 is 19.5 Å². The number of ether oxygens (including phenoxy) is 3. The molecule has 0 bridgehead atoms. The lowest BCUT2D eigenvalue weighted by molar-refractivity contribution is -0.123. The molecule has 0 aromatic heterocycles. The van der Waals surface area contributed by atoms with E-state index in [9.17, 15) is 4.79 Å². The van der Waals surface area contributed by atoms with Crippen LogP contribution in [0.2, 0.25) is 0 Å². The summed E-state index contributed by atoms with van der Waals surface area (Å²) in [5, 5.41) is 2.89. The summed E-state index contributed by atoms with van der Waals surface area (Å²) in [6, 6.07) is 11.6. The first-order valence-corrected chi connectivity index (χ1v) is 8.48. The number of carbonyl (C=O) groups is 1. The summed E-state index contributed by atoms with van der Waals surface area (Å²) in [5.41, 5.74) is 3.29. The van der Waals surface area contributed by atoms with Gasteiger partial charge in [0.05, 0.1) is 0 Å². The Morgan fingerprint density at radius 3 is 2.56 bits per heavy atom. The maximum atomic E-state index is 12.0. The average molecular weight is 341 g/mol. The molecule has 1 N–H and O–H groups in total. The normalized spacial score (nSPS) is 12.6. The molecule has 0 fully saturated rings. The van der Waals surface area contributed by atoms with E-state index in [1.54, 1.807) is 0 Å². The van der Waals surface area contributed by atoms with Gasteiger partial charge in [-0.15, -0.1) is 0 Å². The van der Waals surface area contributed by atoms with Crippen LogP contribution in [-0.2, 0) is 11.2 Å². The quantitative estimate of drug-likeness (QED) is 0.878. The predicted octanol–water partition coefficient (Wildman–Crippen LogP) is 2.81. The van der Waals surface area contributed by atoms with Gasteiger partial charge in [-0.2, -0.15) is 0 Å². The zero-order valence-corrected chi connectivity index (χ0v) is 14.6. The molecule has 3 rings (SSSR count). The summed E-state index contributed by atoms with van der Waals surface area (Å²) < 4.78 is 16.7. The fourth-order valence-corrected chi connectivity index (χ4v) is 2.75. The van der Waals surface area contributed by atoms with Crippen LogP contribution in [-0.4, -0.2) is 32.3 Å². The molecule has 0 saturated carbocycles. The van der Waals surface area contributed by atoms with E-state index >= 15 is 0 Å². The van der Waals surface area contributed by atoms with Gasteiger partial charge in [-0.05, 0) is 55.2 Å². The van der Waals surface area contributed by atoms with Crippen molar-refractivity contribution in [2.45, 2.75) is 20.3 Å². The van der Waals surface area contributed by atoms with Crippen molar-refractivity contribution in [3.8, 4) is 17.2 Å². The molecule has 1 aliphatic rings. The van der Waals surface area contributed by atoms with Crippen LogP contribution in [0.25, 0.3) is 0 Å². The molecule has 0 atom stereocenters. The first-order chi connectivity index (χ1) is 12.1. The second-order valence-corrected chi connectivity index (χ2v) is 6.08. The van der Waals surface area contributed by atoms with E-state index in [-0.39, 0.29) is 12.5 Å². The Morgan fingerprint density at radius 1 is 1.08 bits per heavy atom. The number of carbonyl (C=O) groups excluding carboxylic acids is 1. The third-order valence-corrected chi connectivity index (χ3v) is 4.17. The van der Waals surface area contributed by atoms with Gasteiger partial charge in [0.25, 0.3) is 5.91 Å². The van der Waals surface area contributed by atoms with Crippen molar-refractivity contribution < 1.29 is 19.0 Å². The third kappa shape index (κ3) is 4.44. The van der Waals surface area contributed by atoms with Gasteiger partial charge in [-0.3, -0.25) is 4.79 Å². The standard InChI is InChI=1S/C20H23NO4/c1-14-5-3-4-6-17(14)25-13-20(22)21-8-7-16-12-19-18(11-15(16)2)23-9-10-24-19/h3-6,11-12H,7-10,13H2,1-2H3,(H,21,22). The van der Waals surface area contributed by atoms with Crippen molar-refractivity contribution in [3.05, 3.63) is 53.1 Å². The lowest BCUT2D eigenvalue weighted by atomic mass is 10.0. The Balaban J connectivity index is 1.48. The molecular weight excluding hydrogens is 318 g/mol. The molecule has 5 nitrogen and oxygen atoms in total. The number of fused-ring (bicyclic) bond motifs is 1. The van der Waals surface area contributed by atoms with Gasteiger partial charge in [0.15, 0.2) is 18.1 Å². The fraction of sp³-hybridized carbons (Fsp3) is 0.350. The SMILES string of the molecule is Cc1cc2c(cc1CCNC(=O)COc1ccccc1C)OCCO2. The lowest BCUT2D eigenvalue weighted by Gasteiger charge is -2.20. The number of nitrogens with one attached hydrogen (secondary N) is 1. The summed E-state index contributed by atoms with van der Waals surface area (Å²) >= 11 is 0. The molecule has 0 aliphatic carbocycles. The van der Waals surface area contributed by atoms with Gasteiger partial charge in [0.2, 0.25) is 0 Å². The van der Waals surface area contributed by atoms with Crippen LogP contribution >= 0.6 is 0 Å². The van der Waals surface area contributed by atoms with E-state index in [1.807, 2.05) is 50.2 Å². The number of hydrogen-bond donors (Lipinski definition) is 1. The largest absolute Gasteiger partial charge is 0.486 e. The smallest absolute Gasteiger partial charge is 0.257 e. The van der Waals surface area contributed by atoms with Gasteiger partial charge in [0.1, 0.15) is 19.0 Å². The number of rotatable bonds is 6. The lowest BCUT2D eigenvalue weighted by Crippen LogP contribution is -2.30. The highest BCUT2D eigenvalue weighted by molar-refractivity contribution is 5.77. The molecule has 0 radical (unpaired) electrons. The van der Waals surface area contributed by atoms with Gasteiger partial charge in [0, 0.05) is 6.54 Å². The minimum Gasteiger partial charge on any atom is -0.486 e. The molecular formula is C20H23NO4. The fourth-order valence-electron chi connectivity index (χ4n) is 2.75. The molecule has 2 aromatic carbocycles. The van der Waals surface area contributed by atoms with Crippen molar-refractivity contribution in [3.63, 3.8) is 0 Å². The molecule has 0 spiro atoms. The Kier molecular flexibility index (Phi) is 5.43. The number of amides is 1. The molecule has 1 amide bonds. The van der Waals surface area contributed by atoms with Crippen molar-refractivity contribution >= 4 is 5.91 Å².